The van der Waals surface area contributed by atoms with Gasteiger partial charge in [0.2, 0.25) is 0 Å². The molecule has 0 aliphatic heterocycles. The van der Waals surface area contributed by atoms with Crippen LogP contribution >= 0.6 is 0 Å². The van der Waals surface area contributed by atoms with Crippen LogP contribution in [0.2, 0.25) is 0 Å². The summed E-state index contributed by atoms with van der Waals surface area (Å²) in [5, 5.41) is 18.2. The number of hydrogen-bond acceptors (Lipinski definition) is 6. The van der Waals surface area contributed by atoms with Gasteiger partial charge in [-0.15, -0.1) is 0 Å². The third kappa shape index (κ3) is 5.20. The summed E-state index contributed by atoms with van der Waals surface area (Å²) in [6, 6.07) is 22.9. The first-order valence-electron chi connectivity index (χ1n) is 13.9. The molecule has 0 bridgehead atoms. The Morgan fingerprint density at radius 1 is 1.10 bits per heavy atom. The van der Waals surface area contributed by atoms with Crippen LogP contribution in [0.1, 0.15) is 58.6 Å². The molecule has 8 nitrogen and oxygen atoms in total. The zero-order valence-corrected chi connectivity index (χ0v) is 23.1. The first-order chi connectivity index (χ1) is 20.2. The van der Waals surface area contributed by atoms with Crippen LogP contribution in [-0.4, -0.2) is 20.7 Å². The molecular weight excluding hydrogens is 529 g/mol. The lowest BCUT2D eigenvalue weighted by Gasteiger charge is -2.31. The number of aromatic nitrogens is 3. The molecule has 2 aromatic heterocycles. The second kappa shape index (κ2) is 10.7. The van der Waals surface area contributed by atoms with Gasteiger partial charge in [-0.05, 0) is 90.7 Å². The first kappa shape index (κ1) is 27.1. The Bertz CT molecular complexity index is 1850. The summed E-state index contributed by atoms with van der Waals surface area (Å²) in [4.78, 5) is 17.7. The van der Waals surface area contributed by atoms with Crippen LogP contribution in [0, 0.1) is 30.0 Å². The van der Waals surface area contributed by atoms with Gasteiger partial charge < -0.3 is 16.8 Å². The van der Waals surface area contributed by atoms with Gasteiger partial charge in [-0.2, -0.15) is 10.4 Å². The summed E-state index contributed by atoms with van der Waals surface area (Å²) in [7, 11) is 0. The fraction of sp³-hybridized carbons (Fsp3) is 0.212. The number of nitriles is 1. The van der Waals surface area contributed by atoms with Crippen LogP contribution in [0.15, 0.2) is 79.0 Å². The molecule has 6 rings (SSSR count). The van der Waals surface area contributed by atoms with E-state index >= 15 is 4.39 Å². The molecular formula is C33H30FN7O. The van der Waals surface area contributed by atoms with Crippen molar-refractivity contribution in [2.45, 2.75) is 38.1 Å². The number of benzene rings is 3. The zero-order valence-electron chi connectivity index (χ0n) is 23.1. The van der Waals surface area contributed by atoms with E-state index in [4.69, 9.17) is 11.5 Å². The van der Waals surface area contributed by atoms with E-state index < -0.39 is 17.3 Å². The number of pyridine rings is 1. The minimum absolute atomic E-state index is 0.0183. The third-order valence-electron chi connectivity index (χ3n) is 7.99. The number of nitrogens with one attached hydrogen (secondary N) is 1. The van der Waals surface area contributed by atoms with Gasteiger partial charge in [0.25, 0.3) is 5.91 Å². The Labute approximate surface area is 242 Å². The number of anilines is 2. The second-order valence-corrected chi connectivity index (χ2v) is 11.0. The smallest absolute Gasteiger partial charge is 0.274 e. The molecule has 1 fully saturated rings. The summed E-state index contributed by atoms with van der Waals surface area (Å²) in [6.45, 7) is 1.78. The molecule has 1 atom stereocenters. The van der Waals surface area contributed by atoms with Crippen molar-refractivity contribution in [3.05, 3.63) is 113 Å². The van der Waals surface area contributed by atoms with Gasteiger partial charge in [0, 0.05) is 11.6 Å². The number of aryl methyl sites for hydroxylation is 1. The summed E-state index contributed by atoms with van der Waals surface area (Å²) in [5.74, 6) is -0.0956. The van der Waals surface area contributed by atoms with Crippen LogP contribution < -0.4 is 16.8 Å². The maximum absolute atomic E-state index is 15.2. The number of amides is 1. The molecule has 9 heteroatoms. The lowest BCUT2D eigenvalue weighted by molar-refractivity contribution is 0.101. The fourth-order valence-corrected chi connectivity index (χ4v) is 5.39. The molecule has 2 heterocycles. The number of nitrogen functional groups attached to an aromatic ring is 1. The Kier molecular flexibility index (Phi) is 6.93. The highest BCUT2D eigenvalue weighted by Crippen LogP contribution is 2.40. The molecule has 1 aliphatic rings. The van der Waals surface area contributed by atoms with Crippen molar-refractivity contribution in [2.75, 3.05) is 11.1 Å². The highest BCUT2D eigenvalue weighted by molar-refractivity contribution is 6.04. The minimum Gasteiger partial charge on any atom is -0.383 e. The number of halogens is 1. The average Bonchev–Trinajstić information content (AvgIpc) is 3.75. The quantitative estimate of drug-likeness (QED) is 0.214. The van der Waals surface area contributed by atoms with E-state index in [2.05, 4.69) is 21.5 Å². The van der Waals surface area contributed by atoms with Crippen molar-refractivity contribution in [1.82, 2.24) is 14.8 Å². The van der Waals surface area contributed by atoms with Crippen molar-refractivity contribution < 1.29 is 9.18 Å². The van der Waals surface area contributed by atoms with Gasteiger partial charge in [0.05, 0.1) is 34.2 Å². The summed E-state index contributed by atoms with van der Waals surface area (Å²) >= 11 is 0. The van der Waals surface area contributed by atoms with E-state index in [0.29, 0.717) is 40.7 Å². The Balaban J connectivity index is 1.34. The summed E-state index contributed by atoms with van der Waals surface area (Å²) in [5.41, 5.74) is 15.8. The van der Waals surface area contributed by atoms with Crippen molar-refractivity contribution in [3.8, 4) is 11.8 Å². The number of hydrogen-bond donors (Lipinski definition) is 3. The van der Waals surface area contributed by atoms with Crippen LogP contribution in [0.5, 0.6) is 0 Å². The number of nitrogens with two attached hydrogens (primary N) is 2. The molecule has 0 saturated heterocycles. The summed E-state index contributed by atoms with van der Waals surface area (Å²) in [6.07, 6.45) is 5.58. The largest absolute Gasteiger partial charge is 0.383 e. The maximum atomic E-state index is 15.2. The molecule has 3 aromatic carbocycles. The van der Waals surface area contributed by atoms with Crippen molar-refractivity contribution in [1.29, 1.82) is 5.26 Å². The van der Waals surface area contributed by atoms with Gasteiger partial charge in [-0.1, -0.05) is 37.1 Å². The fourth-order valence-electron chi connectivity index (χ4n) is 5.39. The van der Waals surface area contributed by atoms with Gasteiger partial charge in [-0.3, -0.25) is 4.79 Å². The van der Waals surface area contributed by atoms with E-state index in [-0.39, 0.29) is 11.4 Å². The van der Waals surface area contributed by atoms with E-state index in [9.17, 15) is 10.1 Å². The van der Waals surface area contributed by atoms with Gasteiger partial charge in [0.1, 0.15) is 17.3 Å². The minimum atomic E-state index is -0.929. The second-order valence-electron chi connectivity index (χ2n) is 11.0. The highest BCUT2D eigenvalue weighted by atomic mass is 19.1. The summed E-state index contributed by atoms with van der Waals surface area (Å²) < 4.78 is 16.7. The predicted octanol–water partition coefficient (Wildman–Crippen LogP) is 5.97. The maximum Gasteiger partial charge on any atom is 0.274 e. The molecule has 5 aromatic rings. The average molecular weight is 560 g/mol. The Hall–Kier alpha value is -5.07. The van der Waals surface area contributed by atoms with Gasteiger partial charge in [-0.25, -0.2) is 14.1 Å². The van der Waals surface area contributed by atoms with Crippen LogP contribution in [0.25, 0.3) is 16.5 Å². The number of rotatable bonds is 8. The normalized spacial score (nSPS) is 14.3. The van der Waals surface area contributed by atoms with Gasteiger partial charge >= 0.3 is 0 Å². The van der Waals surface area contributed by atoms with Crippen LogP contribution in [0.4, 0.5) is 15.9 Å². The number of nitrogens with zero attached hydrogens (tertiary/aromatic N) is 4. The van der Waals surface area contributed by atoms with Crippen LogP contribution in [0.3, 0.4) is 0 Å². The van der Waals surface area contributed by atoms with Crippen molar-refractivity contribution in [2.24, 2.45) is 11.7 Å². The number of fused-ring (bicyclic) bond motifs is 1. The standard InChI is InChI=1S/C33H30FN7O/c1-20-16-30(41(40-20)26-10-6-23-13-15-38-31(36)27(23)18-26)32(42)39-29-17-25(9-11-28(29)34)33(37,14-12-21-2-3-21)24-7-4-22(19-35)5-8-24/h4-11,13,15-18,21H,2-3,12,14,37H2,1H3,(H2,36,38)(H,39,42). The third-order valence-corrected chi connectivity index (χ3v) is 7.99. The van der Waals surface area contributed by atoms with E-state index in [0.717, 1.165) is 22.8 Å². The molecule has 0 spiro atoms. The number of carbonyl (C=O) groups excluding carboxylic acids is 1. The van der Waals surface area contributed by atoms with Crippen molar-refractivity contribution >= 4 is 28.2 Å². The van der Waals surface area contributed by atoms with Crippen molar-refractivity contribution in [3.63, 3.8) is 0 Å². The first-order valence-corrected chi connectivity index (χ1v) is 13.9. The molecule has 1 amide bonds. The Morgan fingerprint density at radius 3 is 2.60 bits per heavy atom. The monoisotopic (exact) mass is 559 g/mol. The van der Waals surface area contributed by atoms with E-state index in [1.165, 1.54) is 23.6 Å². The van der Waals surface area contributed by atoms with E-state index in [1.54, 1.807) is 43.5 Å². The SMILES string of the molecule is Cc1cc(C(=O)Nc2cc(C(N)(CCC3CC3)c3ccc(C#N)cc3)ccc2F)n(-c2ccc3ccnc(N)c3c2)n1. The molecule has 0 radical (unpaired) electrons. The molecule has 1 saturated carbocycles. The molecule has 5 N–H and O–H groups in total. The molecule has 1 aliphatic carbocycles. The van der Waals surface area contributed by atoms with Gasteiger partial charge in [0.15, 0.2) is 0 Å². The zero-order chi connectivity index (χ0) is 29.4. The molecule has 210 valence electrons. The predicted molar refractivity (Wildman–Crippen MR) is 160 cm³/mol. The topological polar surface area (TPSA) is 136 Å². The molecule has 1 unspecified atom stereocenters. The molecule has 42 heavy (non-hydrogen) atoms. The van der Waals surface area contributed by atoms with E-state index in [1.807, 2.05) is 36.4 Å². The highest BCUT2D eigenvalue weighted by Gasteiger charge is 2.33. The lowest BCUT2D eigenvalue weighted by Crippen LogP contribution is -2.38. The Morgan fingerprint density at radius 2 is 1.86 bits per heavy atom. The number of carbonyl (C=O) groups is 1. The van der Waals surface area contributed by atoms with Crippen LogP contribution in [-0.2, 0) is 5.54 Å². The lowest BCUT2D eigenvalue weighted by atomic mass is 9.79.